The van der Waals surface area contributed by atoms with Gasteiger partial charge in [-0.05, 0) is 49.9 Å². The number of benzene rings is 1. The number of allylic oxidation sites excluding steroid dienone is 2. The zero-order valence-corrected chi connectivity index (χ0v) is 21.4. The van der Waals surface area contributed by atoms with Gasteiger partial charge in [-0.2, -0.15) is 0 Å². The number of carbonyl (C=O) groups is 3. The molecule has 194 valence electrons. The lowest BCUT2D eigenvalue weighted by Gasteiger charge is -2.39. The number of methoxy groups -OCH3 is 1. The summed E-state index contributed by atoms with van der Waals surface area (Å²) in [6.45, 7) is 6.51. The molecule has 0 bridgehead atoms. The maximum absolute atomic E-state index is 12.9. The Morgan fingerprint density at radius 3 is 2.69 bits per heavy atom. The van der Waals surface area contributed by atoms with Crippen molar-refractivity contribution in [1.29, 1.82) is 0 Å². The Labute approximate surface area is 208 Å². The molecule has 9 nitrogen and oxygen atoms in total. The highest BCUT2D eigenvalue weighted by molar-refractivity contribution is 5.76. The predicted octanol–water partition coefficient (Wildman–Crippen LogP) is 2.94. The lowest BCUT2D eigenvalue weighted by Crippen LogP contribution is -2.58. The van der Waals surface area contributed by atoms with Gasteiger partial charge in [-0.15, -0.1) is 0 Å². The van der Waals surface area contributed by atoms with Crippen molar-refractivity contribution < 1.29 is 23.9 Å². The minimum absolute atomic E-state index is 0.0114. The second-order valence-corrected chi connectivity index (χ2v) is 9.05. The van der Waals surface area contributed by atoms with Crippen molar-refractivity contribution in [3.8, 4) is 11.5 Å². The van der Waals surface area contributed by atoms with Crippen LogP contribution in [-0.4, -0.2) is 74.6 Å². The van der Waals surface area contributed by atoms with Gasteiger partial charge in [0.25, 0.3) is 0 Å². The molecule has 9 heteroatoms. The maximum Gasteiger partial charge on any atom is 0.415 e. The Morgan fingerprint density at radius 2 is 2.00 bits per heavy atom. The second-order valence-electron chi connectivity index (χ2n) is 9.05. The third-order valence-corrected chi connectivity index (χ3v) is 5.80. The van der Waals surface area contributed by atoms with E-state index < -0.39 is 6.09 Å². The van der Waals surface area contributed by atoms with E-state index >= 15 is 0 Å². The minimum atomic E-state index is -0.488. The smallest absolute Gasteiger partial charge is 0.415 e. The van der Waals surface area contributed by atoms with Crippen LogP contribution < -0.4 is 20.1 Å². The number of nitrogens with zero attached hydrogens (tertiary/aromatic N) is 2. The van der Waals surface area contributed by atoms with Crippen molar-refractivity contribution in [1.82, 2.24) is 20.4 Å². The molecule has 0 saturated carbocycles. The summed E-state index contributed by atoms with van der Waals surface area (Å²) in [5, 5.41) is 5.99. The van der Waals surface area contributed by atoms with Crippen molar-refractivity contribution in [3.05, 3.63) is 35.9 Å². The number of rotatable bonds is 13. The average molecular weight is 489 g/mol. The Balaban J connectivity index is 1.87. The van der Waals surface area contributed by atoms with E-state index in [1.54, 1.807) is 35.0 Å². The number of ether oxygens (including phenoxy) is 2. The monoisotopic (exact) mass is 488 g/mol. The summed E-state index contributed by atoms with van der Waals surface area (Å²) >= 11 is 0. The number of hydrogen-bond donors (Lipinski definition) is 2. The highest BCUT2D eigenvalue weighted by atomic mass is 16.6. The average Bonchev–Trinajstić information content (AvgIpc) is 2.85. The molecule has 1 fully saturated rings. The molecule has 0 radical (unpaired) electrons. The summed E-state index contributed by atoms with van der Waals surface area (Å²) in [5.74, 6) is 1.29. The summed E-state index contributed by atoms with van der Waals surface area (Å²) in [7, 11) is 3.31. The van der Waals surface area contributed by atoms with Gasteiger partial charge >= 0.3 is 6.09 Å². The molecule has 0 aromatic heterocycles. The summed E-state index contributed by atoms with van der Waals surface area (Å²) in [5.41, 5.74) is 0.850. The molecule has 0 spiro atoms. The van der Waals surface area contributed by atoms with Gasteiger partial charge in [0, 0.05) is 39.1 Å². The van der Waals surface area contributed by atoms with Crippen molar-refractivity contribution in [2.45, 2.75) is 52.1 Å². The van der Waals surface area contributed by atoms with E-state index in [2.05, 4.69) is 36.6 Å². The van der Waals surface area contributed by atoms with Gasteiger partial charge in [-0.25, -0.2) is 4.79 Å². The van der Waals surface area contributed by atoms with Gasteiger partial charge < -0.3 is 29.9 Å². The van der Waals surface area contributed by atoms with E-state index in [0.29, 0.717) is 56.6 Å². The largest absolute Gasteiger partial charge is 0.493 e. The topological polar surface area (TPSA) is 100 Å². The molecular weight excluding hydrogens is 448 g/mol. The lowest BCUT2D eigenvalue weighted by molar-refractivity contribution is -0.121. The van der Waals surface area contributed by atoms with Crippen LogP contribution in [0.1, 0.15) is 45.1 Å². The van der Waals surface area contributed by atoms with Crippen LogP contribution in [0.2, 0.25) is 0 Å². The van der Waals surface area contributed by atoms with Crippen LogP contribution in [0.4, 0.5) is 4.79 Å². The van der Waals surface area contributed by atoms with Gasteiger partial charge in [0.2, 0.25) is 12.3 Å². The fourth-order valence-corrected chi connectivity index (χ4v) is 3.89. The van der Waals surface area contributed by atoms with E-state index in [9.17, 15) is 14.4 Å². The first kappa shape index (κ1) is 28.2. The van der Waals surface area contributed by atoms with E-state index in [0.717, 1.165) is 31.2 Å². The molecule has 1 saturated heterocycles. The SMILES string of the molecule is CNCC1CN(C=O)CCN1C(=O)Oc1ccc(CNC(=O)CCCC/C=C/C(C)C)cc1OC. The first-order valence-electron chi connectivity index (χ1n) is 12.3. The highest BCUT2D eigenvalue weighted by Crippen LogP contribution is 2.29. The fraction of sp³-hybridized carbons (Fsp3) is 0.577. The number of piperazine rings is 1. The summed E-state index contributed by atoms with van der Waals surface area (Å²) in [6.07, 6.45) is 8.00. The molecule has 1 aliphatic heterocycles. The zero-order valence-electron chi connectivity index (χ0n) is 21.4. The maximum atomic E-state index is 12.9. The molecule has 1 aromatic rings. The van der Waals surface area contributed by atoms with E-state index in [1.165, 1.54) is 7.11 Å². The Morgan fingerprint density at radius 1 is 1.20 bits per heavy atom. The van der Waals surface area contributed by atoms with Gasteiger partial charge in [-0.3, -0.25) is 9.59 Å². The summed E-state index contributed by atoms with van der Waals surface area (Å²) < 4.78 is 11.1. The quantitative estimate of drug-likeness (QED) is 0.252. The first-order chi connectivity index (χ1) is 16.9. The number of carbonyl (C=O) groups excluding carboxylic acids is 3. The number of hydrogen-bond acceptors (Lipinski definition) is 6. The Kier molecular flexibility index (Phi) is 12.1. The van der Waals surface area contributed by atoms with Crippen LogP contribution in [-0.2, 0) is 16.1 Å². The van der Waals surface area contributed by atoms with Crippen LogP contribution >= 0.6 is 0 Å². The van der Waals surface area contributed by atoms with Gasteiger partial charge in [-0.1, -0.05) is 32.1 Å². The van der Waals surface area contributed by atoms with E-state index in [4.69, 9.17) is 9.47 Å². The molecule has 1 aliphatic rings. The molecule has 1 atom stereocenters. The van der Waals surface area contributed by atoms with Crippen LogP contribution in [0, 0.1) is 5.92 Å². The van der Waals surface area contributed by atoms with E-state index in [-0.39, 0.29) is 11.9 Å². The zero-order chi connectivity index (χ0) is 25.6. The second kappa shape index (κ2) is 15.0. The Hall–Kier alpha value is -3.07. The third-order valence-electron chi connectivity index (χ3n) is 5.80. The number of nitrogens with one attached hydrogen (secondary N) is 2. The van der Waals surface area contributed by atoms with Gasteiger partial charge in [0.15, 0.2) is 11.5 Å². The molecule has 1 aromatic carbocycles. The molecule has 3 amide bonds. The summed E-state index contributed by atoms with van der Waals surface area (Å²) in [6, 6.07) is 5.05. The van der Waals surface area contributed by atoms with Crippen LogP contribution in [0.3, 0.4) is 0 Å². The molecule has 0 aliphatic carbocycles. The van der Waals surface area contributed by atoms with Gasteiger partial charge in [0.1, 0.15) is 0 Å². The summed E-state index contributed by atoms with van der Waals surface area (Å²) in [4.78, 5) is 39.4. The third kappa shape index (κ3) is 9.60. The number of likely N-dealkylation sites (N-methyl/N-ethyl adjacent to an activating group) is 1. The molecule has 35 heavy (non-hydrogen) atoms. The fourth-order valence-electron chi connectivity index (χ4n) is 3.89. The van der Waals surface area contributed by atoms with Crippen molar-refractivity contribution >= 4 is 18.4 Å². The van der Waals surface area contributed by atoms with Crippen molar-refractivity contribution in [2.75, 3.05) is 40.3 Å². The van der Waals surface area contributed by atoms with Crippen LogP contribution in [0.15, 0.2) is 30.4 Å². The molecule has 1 heterocycles. The van der Waals surface area contributed by atoms with Crippen molar-refractivity contribution in [2.24, 2.45) is 5.92 Å². The number of amides is 3. The first-order valence-corrected chi connectivity index (χ1v) is 12.3. The van der Waals surface area contributed by atoms with Gasteiger partial charge in [0.05, 0.1) is 13.2 Å². The van der Waals surface area contributed by atoms with Crippen LogP contribution in [0.5, 0.6) is 11.5 Å². The normalized spacial score (nSPS) is 16.0. The number of unbranched alkanes of at least 4 members (excludes halogenated alkanes) is 2. The van der Waals surface area contributed by atoms with E-state index in [1.807, 2.05) is 0 Å². The highest BCUT2D eigenvalue weighted by Gasteiger charge is 2.31. The minimum Gasteiger partial charge on any atom is -0.493 e. The molecule has 1 unspecified atom stereocenters. The predicted molar refractivity (Wildman–Crippen MR) is 135 cm³/mol. The lowest BCUT2D eigenvalue weighted by atomic mass is 10.1. The van der Waals surface area contributed by atoms with Crippen molar-refractivity contribution in [3.63, 3.8) is 0 Å². The molecule has 2 N–H and O–H groups in total. The molecular formula is C26H40N4O5. The standard InChI is InChI=1S/C26H40N4O5/c1-20(2)9-7-5-6-8-10-25(32)28-16-21-11-12-23(24(15-21)34-4)35-26(33)30-14-13-29(19-31)18-22(30)17-27-3/h7,9,11-12,15,19-20,22,27H,5-6,8,10,13-14,16-18H2,1-4H3,(H,28,32)/b9-7+. The van der Waals surface area contributed by atoms with Crippen LogP contribution in [0.25, 0.3) is 0 Å². The Bertz CT molecular complexity index is 858. The molecule has 2 rings (SSSR count).